The lowest BCUT2D eigenvalue weighted by atomic mass is 10.0. The average molecular weight is 514 g/mol. The van der Waals surface area contributed by atoms with E-state index in [1.807, 2.05) is 17.0 Å². The Balaban J connectivity index is 1.69. The number of aliphatic imine (C=N–C) groups is 1. The summed E-state index contributed by atoms with van der Waals surface area (Å²) in [4.78, 5) is 13.0. The summed E-state index contributed by atoms with van der Waals surface area (Å²) in [6, 6.07) is 1.99. The van der Waals surface area contributed by atoms with Crippen molar-refractivity contribution in [2.45, 2.75) is 32.0 Å². The molecule has 11 heteroatoms. The minimum Gasteiger partial charge on any atom is -0.354 e. The Hall–Kier alpha value is -3.42. The van der Waals surface area contributed by atoms with Crippen molar-refractivity contribution in [1.29, 1.82) is 5.26 Å². The Bertz CT molecular complexity index is 1390. The van der Waals surface area contributed by atoms with Crippen LogP contribution in [0.2, 0.25) is 0 Å². The van der Waals surface area contributed by atoms with Gasteiger partial charge in [0.15, 0.2) is 5.65 Å². The maximum atomic E-state index is 13.8. The smallest absolute Gasteiger partial charge is 0.283 e. The molecule has 186 valence electrons. The summed E-state index contributed by atoms with van der Waals surface area (Å²) in [5, 5.41) is 14.3. The molecule has 1 unspecified atom stereocenters. The highest BCUT2D eigenvalue weighted by molar-refractivity contribution is 6.35. The fourth-order valence-electron chi connectivity index (χ4n) is 4.90. The fraction of sp³-hybridized carbons (Fsp3) is 0.360. The van der Waals surface area contributed by atoms with E-state index in [2.05, 4.69) is 26.6 Å². The maximum Gasteiger partial charge on any atom is 0.283 e. The van der Waals surface area contributed by atoms with Crippen LogP contribution in [0.15, 0.2) is 46.6 Å². The number of halogens is 4. The van der Waals surface area contributed by atoms with Crippen molar-refractivity contribution in [2.24, 2.45) is 4.99 Å². The molecule has 0 radical (unpaired) electrons. The van der Waals surface area contributed by atoms with Crippen molar-refractivity contribution < 1.29 is 13.2 Å². The molecule has 1 atom stereocenters. The lowest BCUT2D eigenvalue weighted by Crippen LogP contribution is -2.54. The van der Waals surface area contributed by atoms with Crippen molar-refractivity contribution in [3.05, 3.63) is 64.1 Å². The number of fused-ring (bicyclic) bond motifs is 1. The summed E-state index contributed by atoms with van der Waals surface area (Å²) in [6.45, 7) is 7.42. The van der Waals surface area contributed by atoms with Gasteiger partial charge in [0.25, 0.3) is 6.43 Å². The Morgan fingerprint density at radius 2 is 2.08 bits per heavy atom. The van der Waals surface area contributed by atoms with Gasteiger partial charge in [-0.3, -0.25) is 9.89 Å². The molecule has 0 bridgehead atoms. The van der Waals surface area contributed by atoms with E-state index in [-0.39, 0.29) is 17.3 Å². The molecule has 0 saturated carbocycles. The van der Waals surface area contributed by atoms with Gasteiger partial charge in [0.1, 0.15) is 29.3 Å². The number of rotatable bonds is 5. The van der Waals surface area contributed by atoms with Crippen molar-refractivity contribution in [3.8, 4) is 6.07 Å². The third-order valence-corrected chi connectivity index (χ3v) is 6.91. The highest BCUT2D eigenvalue weighted by Crippen LogP contribution is 2.35. The first kappa shape index (κ1) is 24.3. The molecule has 2 aromatic heterocycles. The van der Waals surface area contributed by atoms with Crippen LogP contribution in [0.1, 0.15) is 35.4 Å². The Kier molecular flexibility index (Phi) is 6.45. The molecule has 2 aliphatic heterocycles. The van der Waals surface area contributed by atoms with Gasteiger partial charge >= 0.3 is 0 Å². The number of aromatic nitrogens is 3. The van der Waals surface area contributed by atoms with Crippen LogP contribution in [0.4, 0.5) is 19.0 Å². The van der Waals surface area contributed by atoms with Gasteiger partial charge in [0.2, 0.25) is 0 Å². The van der Waals surface area contributed by atoms with Crippen molar-refractivity contribution in [3.63, 3.8) is 0 Å². The first-order valence-electron chi connectivity index (χ1n) is 11.5. The van der Waals surface area contributed by atoms with Crippen LogP contribution in [-0.2, 0) is 0 Å². The Labute approximate surface area is 211 Å². The van der Waals surface area contributed by atoms with Crippen LogP contribution >= 0.6 is 11.6 Å². The summed E-state index contributed by atoms with van der Waals surface area (Å²) >= 11 is 6.16. The summed E-state index contributed by atoms with van der Waals surface area (Å²) in [7, 11) is 0. The normalized spacial score (nSPS) is 23.1. The zero-order valence-corrected chi connectivity index (χ0v) is 20.3. The molecule has 1 aliphatic carbocycles. The molecular formula is C25H23ClF3N7. The van der Waals surface area contributed by atoms with Gasteiger partial charge < -0.3 is 4.90 Å². The maximum absolute atomic E-state index is 13.8. The lowest BCUT2D eigenvalue weighted by Gasteiger charge is -2.39. The van der Waals surface area contributed by atoms with Crippen LogP contribution in [-0.4, -0.2) is 63.6 Å². The molecule has 0 N–H and O–H groups in total. The Morgan fingerprint density at radius 1 is 1.31 bits per heavy atom. The van der Waals surface area contributed by atoms with Crippen LogP contribution in [0.25, 0.3) is 11.7 Å². The topological polar surface area (TPSA) is 72.8 Å². The molecule has 0 spiro atoms. The van der Waals surface area contributed by atoms with Crippen LogP contribution in [0.3, 0.4) is 0 Å². The number of nitriles is 1. The van der Waals surface area contributed by atoms with E-state index in [1.54, 1.807) is 25.2 Å². The number of hydrogen-bond acceptors (Lipinski definition) is 6. The van der Waals surface area contributed by atoms with E-state index in [0.29, 0.717) is 54.0 Å². The average Bonchev–Trinajstić information content (AvgIpc) is 3.44. The molecule has 36 heavy (non-hydrogen) atoms. The predicted molar refractivity (Wildman–Crippen MR) is 133 cm³/mol. The minimum atomic E-state index is -2.93. The Morgan fingerprint density at radius 3 is 2.75 bits per heavy atom. The monoisotopic (exact) mass is 513 g/mol. The molecule has 2 aromatic rings. The van der Waals surface area contributed by atoms with Gasteiger partial charge in [0.05, 0.1) is 11.4 Å². The molecule has 3 aliphatic rings. The van der Waals surface area contributed by atoms with Crippen LogP contribution < -0.4 is 4.90 Å². The summed E-state index contributed by atoms with van der Waals surface area (Å²) in [5.41, 5.74) is 1.76. The summed E-state index contributed by atoms with van der Waals surface area (Å²) in [5.74, 6) is 0.556. The molecule has 2 saturated heterocycles. The number of anilines is 1. The van der Waals surface area contributed by atoms with Crippen molar-refractivity contribution >= 4 is 34.9 Å². The third-order valence-electron chi connectivity index (χ3n) is 6.68. The molecular weight excluding hydrogens is 491 g/mol. The zero-order valence-electron chi connectivity index (χ0n) is 19.5. The van der Waals surface area contributed by atoms with E-state index < -0.39 is 18.3 Å². The third kappa shape index (κ3) is 4.22. The first-order chi connectivity index (χ1) is 17.3. The van der Waals surface area contributed by atoms with Gasteiger partial charge in [-0.2, -0.15) is 14.9 Å². The van der Waals surface area contributed by atoms with Gasteiger partial charge in [-0.25, -0.2) is 18.2 Å². The largest absolute Gasteiger partial charge is 0.354 e. The molecule has 5 rings (SSSR count). The highest BCUT2D eigenvalue weighted by Gasteiger charge is 2.38. The molecule has 2 fully saturated rings. The molecule has 0 aromatic carbocycles. The number of likely N-dealkylation sites (tertiary alicyclic amines) is 1. The second-order valence-electron chi connectivity index (χ2n) is 8.94. The van der Waals surface area contributed by atoms with Crippen molar-refractivity contribution in [1.82, 2.24) is 19.5 Å². The van der Waals surface area contributed by atoms with Gasteiger partial charge in [-0.15, -0.1) is 0 Å². The van der Waals surface area contributed by atoms with E-state index in [0.717, 1.165) is 12.0 Å². The standard InChI is InChI=1S/C25H23ClF3N7/c1-3-31-21-9-16(26)5-4-15(21)8-19-14(2)32-24-20(10-30)22(23(28)29)33-36(24)25(19)34-7-6-18(13-34)35-11-17(27)12-35/h3-5,8-9,17-18,23H,1,6-7,11-13H2,2H3/b15-8+,31-21?. The number of nitrogens with zero attached hydrogens (tertiary/aromatic N) is 7. The van der Waals surface area contributed by atoms with Crippen molar-refractivity contribution in [2.75, 3.05) is 31.1 Å². The SMILES string of the molecule is C=CN=C1C=C(Cl)C=C/C1=C\c1c(C)nc2c(C#N)c(C(F)F)nn2c1N1CCC(N2CC(F)C2)C1. The van der Waals surface area contributed by atoms with Gasteiger partial charge in [-0.1, -0.05) is 24.3 Å². The second kappa shape index (κ2) is 9.56. The van der Waals surface area contributed by atoms with Gasteiger partial charge in [-0.05, 0) is 31.6 Å². The van der Waals surface area contributed by atoms with E-state index >= 15 is 0 Å². The zero-order chi connectivity index (χ0) is 25.6. The second-order valence-corrected chi connectivity index (χ2v) is 9.38. The molecule has 0 amide bonds. The number of allylic oxidation sites excluding steroid dienone is 5. The highest BCUT2D eigenvalue weighted by atomic mass is 35.5. The lowest BCUT2D eigenvalue weighted by molar-refractivity contribution is 0.0347. The number of hydrogen-bond donors (Lipinski definition) is 0. The van der Waals surface area contributed by atoms with E-state index in [4.69, 9.17) is 11.6 Å². The quantitative estimate of drug-likeness (QED) is 0.577. The number of alkyl halides is 3. The fourth-order valence-corrected chi connectivity index (χ4v) is 5.06. The van der Waals surface area contributed by atoms with E-state index in [9.17, 15) is 18.4 Å². The number of aryl methyl sites for hydroxylation is 1. The summed E-state index contributed by atoms with van der Waals surface area (Å²) < 4.78 is 42.4. The summed E-state index contributed by atoms with van der Waals surface area (Å²) in [6.07, 6.45) is 5.57. The molecule has 4 heterocycles. The minimum absolute atomic E-state index is 0.0841. The first-order valence-corrected chi connectivity index (χ1v) is 11.9. The van der Waals surface area contributed by atoms with Crippen LogP contribution in [0.5, 0.6) is 0 Å². The van der Waals surface area contributed by atoms with Gasteiger partial charge in [0, 0.05) is 54.6 Å². The molecule has 7 nitrogen and oxygen atoms in total. The van der Waals surface area contributed by atoms with Crippen LogP contribution in [0, 0.1) is 18.3 Å². The van der Waals surface area contributed by atoms with E-state index in [1.165, 1.54) is 10.7 Å². The predicted octanol–water partition coefficient (Wildman–Crippen LogP) is 4.74.